The summed E-state index contributed by atoms with van der Waals surface area (Å²) in [6.45, 7) is 5.84. The maximum absolute atomic E-state index is 12.5. The van der Waals surface area contributed by atoms with Crippen LogP contribution in [0, 0.1) is 20.8 Å². The molecule has 0 aliphatic carbocycles. The molecule has 2 aromatic heterocycles. The first kappa shape index (κ1) is 19.7. The molecule has 0 spiro atoms. The van der Waals surface area contributed by atoms with Gasteiger partial charge in [-0.05, 0) is 80.5 Å². The van der Waals surface area contributed by atoms with Crippen LogP contribution in [0.1, 0.15) is 27.0 Å². The molecule has 0 atom stereocenters. The van der Waals surface area contributed by atoms with Crippen LogP contribution >= 0.6 is 12.2 Å². The van der Waals surface area contributed by atoms with E-state index in [4.69, 9.17) is 16.6 Å². The van der Waals surface area contributed by atoms with Crippen molar-refractivity contribution in [3.8, 4) is 11.5 Å². The normalized spacial score (nSPS) is 10.8. The zero-order chi connectivity index (χ0) is 21.3. The van der Waals surface area contributed by atoms with Crippen molar-refractivity contribution in [1.82, 2.24) is 15.3 Å². The monoisotopic (exact) mass is 416 g/mol. The Kier molecular flexibility index (Phi) is 5.29. The Morgan fingerprint density at radius 1 is 1.03 bits per heavy atom. The van der Waals surface area contributed by atoms with Gasteiger partial charge in [0.05, 0.1) is 0 Å². The van der Waals surface area contributed by atoms with Crippen molar-refractivity contribution in [3.05, 3.63) is 77.0 Å². The Morgan fingerprint density at radius 3 is 2.60 bits per heavy atom. The lowest BCUT2D eigenvalue weighted by Crippen LogP contribution is -2.34. The molecule has 0 aliphatic rings. The Bertz CT molecular complexity index is 1250. The molecule has 2 aromatic carbocycles. The van der Waals surface area contributed by atoms with Crippen LogP contribution < -0.4 is 10.6 Å². The summed E-state index contributed by atoms with van der Waals surface area (Å²) in [4.78, 5) is 21.1. The lowest BCUT2D eigenvalue weighted by molar-refractivity contribution is 0.0977. The molecule has 4 rings (SSSR count). The van der Waals surface area contributed by atoms with E-state index in [0.717, 1.165) is 27.9 Å². The van der Waals surface area contributed by atoms with Gasteiger partial charge in [-0.15, -0.1) is 0 Å². The maximum atomic E-state index is 12.5. The summed E-state index contributed by atoms with van der Waals surface area (Å²) >= 11 is 5.33. The van der Waals surface area contributed by atoms with Crippen molar-refractivity contribution in [2.24, 2.45) is 0 Å². The second-order valence-electron chi connectivity index (χ2n) is 7.10. The molecule has 150 valence electrons. The number of nitrogens with zero attached hydrogens (tertiary/aromatic N) is 2. The third-order valence-electron chi connectivity index (χ3n) is 4.74. The number of amides is 1. The second kappa shape index (κ2) is 8.04. The number of fused-ring (bicyclic) bond motifs is 1. The van der Waals surface area contributed by atoms with E-state index >= 15 is 0 Å². The van der Waals surface area contributed by atoms with Crippen LogP contribution in [-0.2, 0) is 0 Å². The van der Waals surface area contributed by atoms with Gasteiger partial charge in [-0.25, -0.2) is 4.98 Å². The fourth-order valence-electron chi connectivity index (χ4n) is 3.22. The first-order valence-electron chi connectivity index (χ1n) is 9.43. The van der Waals surface area contributed by atoms with Crippen LogP contribution in [0.25, 0.3) is 22.7 Å². The smallest absolute Gasteiger partial charge is 0.257 e. The molecule has 2 N–H and O–H groups in total. The van der Waals surface area contributed by atoms with Crippen molar-refractivity contribution in [1.29, 1.82) is 0 Å². The molecule has 0 saturated heterocycles. The van der Waals surface area contributed by atoms with E-state index in [-0.39, 0.29) is 11.0 Å². The van der Waals surface area contributed by atoms with Gasteiger partial charge in [-0.2, -0.15) is 4.98 Å². The number of hydrogen-bond acceptors (Lipinski definition) is 5. The molecule has 6 nitrogen and oxygen atoms in total. The number of anilines is 1. The number of aryl methyl sites for hydroxylation is 3. The van der Waals surface area contributed by atoms with Crippen LogP contribution in [-0.4, -0.2) is 21.0 Å². The molecular formula is C23H20N4O2S. The third-order valence-corrected chi connectivity index (χ3v) is 4.94. The Hall–Kier alpha value is -3.58. The minimum Gasteiger partial charge on any atom is -0.434 e. The molecule has 4 aromatic rings. The summed E-state index contributed by atoms with van der Waals surface area (Å²) in [6.07, 6.45) is 1.68. The van der Waals surface area contributed by atoms with Gasteiger partial charge in [0, 0.05) is 23.0 Å². The lowest BCUT2D eigenvalue weighted by atomic mass is 10.1. The predicted molar refractivity (Wildman–Crippen MR) is 122 cm³/mol. The number of benzene rings is 2. The number of rotatable bonds is 3. The molecule has 1 amide bonds. The van der Waals surface area contributed by atoms with Crippen molar-refractivity contribution < 1.29 is 9.21 Å². The average molecular weight is 417 g/mol. The van der Waals surface area contributed by atoms with Crippen LogP contribution in [0.2, 0.25) is 0 Å². The number of pyridine rings is 1. The van der Waals surface area contributed by atoms with Gasteiger partial charge in [0.1, 0.15) is 0 Å². The third kappa shape index (κ3) is 4.06. The topological polar surface area (TPSA) is 80.0 Å². The van der Waals surface area contributed by atoms with E-state index in [1.165, 1.54) is 0 Å². The van der Waals surface area contributed by atoms with E-state index in [1.807, 2.05) is 63.2 Å². The number of aromatic nitrogens is 2. The maximum Gasteiger partial charge on any atom is 0.257 e. The van der Waals surface area contributed by atoms with E-state index in [0.29, 0.717) is 22.7 Å². The Labute approximate surface area is 179 Å². The minimum atomic E-state index is -0.238. The molecular weight excluding hydrogens is 396 g/mol. The molecule has 0 saturated carbocycles. The van der Waals surface area contributed by atoms with Crippen LogP contribution in [0.4, 0.5) is 5.69 Å². The fourth-order valence-corrected chi connectivity index (χ4v) is 3.42. The standard InChI is InChI=1S/C23H20N4O2S/c1-13-6-8-17(14(2)11-13)21(28)27-23(30)25-18-9-7-16(12-15(18)3)22-26-20-19(29-22)5-4-10-24-20/h4-12H,1-3H3,(H2,25,27,28,30). The summed E-state index contributed by atoms with van der Waals surface area (Å²) in [5.74, 6) is 0.266. The van der Waals surface area contributed by atoms with Crippen molar-refractivity contribution in [3.63, 3.8) is 0 Å². The molecule has 0 fully saturated rings. The highest BCUT2D eigenvalue weighted by molar-refractivity contribution is 7.80. The molecule has 7 heteroatoms. The van der Waals surface area contributed by atoms with Crippen molar-refractivity contribution >= 4 is 40.2 Å². The van der Waals surface area contributed by atoms with Crippen molar-refractivity contribution in [2.75, 3.05) is 5.32 Å². The SMILES string of the molecule is Cc1ccc(C(=O)NC(=S)Nc2ccc(-c3nc4ncccc4o3)cc2C)c(C)c1. The molecule has 0 unspecified atom stereocenters. The average Bonchev–Trinajstić information content (AvgIpc) is 3.13. The van der Waals surface area contributed by atoms with Crippen LogP contribution in [0.3, 0.4) is 0 Å². The molecule has 0 radical (unpaired) electrons. The van der Waals surface area contributed by atoms with Gasteiger partial charge in [0.25, 0.3) is 5.91 Å². The van der Waals surface area contributed by atoms with Crippen LogP contribution in [0.15, 0.2) is 59.1 Å². The van der Waals surface area contributed by atoms with Gasteiger partial charge in [0.15, 0.2) is 16.3 Å². The summed E-state index contributed by atoms with van der Waals surface area (Å²) in [6, 6.07) is 15.0. The van der Waals surface area contributed by atoms with Gasteiger partial charge >= 0.3 is 0 Å². The van der Waals surface area contributed by atoms with Gasteiger partial charge in [0.2, 0.25) is 5.89 Å². The lowest BCUT2D eigenvalue weighted by Gasteiger charge is -2.13. The second-order valence-corrected chi connectivity index (χ2v) is 7.51. The zero-order valence-corrected chi connectivity index (χ0v) is 17.6. The fraction of sp³-hybridized carbons (Fsp3) is 0.130. The first-order valence-corrected chi connectivity index (χ1v) is 9.84. The van der Waals surface area contributed by atoms with Crippen molar-refractivity contribution in [2.45, 2.75) is 20.8 Å². The summed E-state index contributed by atoms with van der Waals surface area (Å²) in [5, 5.41) is 6.06. The highest BCUT2D eigenvalue weighted by Crippen LogP contribution is 2.26. The van der Waals surface area contributed by atoms with Gasteiger partial charge in [-0.1, -0.05) is 17.7 Å². The largest absolute Gasteiger partial charge is 0.434 e. The van der Waals surface area contributed by atoms with Gasteiger partial charge < -0.3 is 9.73 Å². The molecule has 0 bridgehead atoms. The van der Waals surface area contributed by atoms with E-state index in [1.54, 1.807) is 12.3 Å². The number of nitrogens with one attached hydrogen (secondary N) is 2. The summed E-state index contributed by atoms with van der Waals surface area (Å²) in [7, 11) is 0. The molecule has 30 heavy (non-hydrogen) atoms. The first-order chi connectivity index (χ1) is 14.4. The summed E-state index contributed by atoms with van der Waals surface area (Å²) in [5.41, 5.74) is 6.39. The molecule has 2 heterocycles. The Balaban J connectivity index is 1.48. The number of carbonyl (C=O) groups is 1. The number of thiocarbonyl (C=S) groups is 1. The Morgan fingerprint density at radius 2 is 1.87 bits per heavy atom. The molecule has 0 aliphatic heterocycles. The van der Waals surface area contributed by atoms with E-state index in [2.05, 4.69) is 20.6 Å². The highest BCUT2D eigenvalue weighted by atomic mass is 32.1. The van der Waals surface area contributed by atoms with E-state index in [9.17, 15) is 4.79 Å². The van der Waals surface area contributed by atoms with Crippen LogP contribution in [0.5, 0.6) is 0 Å². The number of hydrogen-bond donors (Lipinski definition) is 2. The van der Waals surface area contributed by atoms with Gasteiger partial charge in [-0.3, -0.25) is 10.1 Å². The minimum absolute atomic E-state index is 0.238. The highest BCUT2D eigenvalue weighted by Gasteiger charge is 2.13. The quantitative estimate of drug-likeness (QED) is 0.461. The summed E-state index contributed by atoms with van der Waals surface area (Å²) < 4.78 is 5.77. The van der Waals surface area contributed by atoms with E-state index < -0.39 is 0 Å². The number of oxazole rings is 1. The predicted octanol–water partition coefficient (Wildman–Crippen LogP) is 4.94. The zero-order valence-electron chi connectivity index (χ0n) is 16.8. The number of carbonyl (C=O) groups excluding carboxylic acids is 1.